The normalized spacial score (nSPS) is 10.3. The van der Waals surface area contributed by atoms with Gasteiger partial charge in [-0.1, -0.05) is 41.9 Å². The van der Waals surface area contributed by atoms with Crippen molar-refractivity contribution in [1.29, 1.82) is 0 Å². The highest BCUT2D eigenvalue weighted by molar-refractivity contribution is 9.10. The summed E-state index contributed by atoms with van der Waals surface area (Å²) in [4.78, 5) is 0. The Morgan fingerprint density at radius 2 is 1.82 bits per heavy atom. The Labute approximate surface area is 115 Å². The van der Waals surface area contributed by atoms with Crippen LogP contribution in [0.5, 0.6) is 5.75 Å². The molecule has 0 heterocycles. The number of benzene rings is 2. The Bertz CT molecular complexity index is 511. The second kappa shape index (κ2) is 5.56. The molecule has 0 atom stereocenters. The lowest BCUT2D eigenvalue weighted by atomic mass is 10.2. The molecule has 17 heavy (non-hydrogen) atoms. The molecule has 0 amide bonds. The highest BCUT2D eigenvalue weighted by atomic mass is 79.9. The lowest BCUT2D eigenvalue weighted by Gasteiger charge is -2.11. The van der Waals surface area contributed by atoms with Crippen molar-refractivity contribution in [3.8, 4) is 5.75 Å². The third-order valence-corrected chi connectivity index (χ3v) is 3.90. The molecule has 0 aromatic heterocycles. The Balaban J connectivity index is 2.13. The van der Waals surface area contributed by atoms with Gasteiger partial charge in [0.05, 0.1) is 5.02 Å². The Hall–Kier alpha value is -0.990. The van der Waals surface area contributed by atoms with Crippen LogP contribution >= 0.6 is 27.5 Å². The zero-order valence-electron chi connectivity index (χ0n) is 9.41. The molecule has 0 aliphatic carbocycles. The van der Waals surface area contributed by atoms with E-state index in [9.17, 15) is 0 Å². The highest BCUT2D eigenvalue weighted by Gasteiger charge is 2.07. The van der Waals surface area contributed by atoms with Crippen LogP contribution in [0, 0.1) is 6.92 Å². The van der Waals surface area contributed by atoms with E-state index in [0.29, 0.717) is 11.6 Å². The lowest BCUT2D eigenvalue weighted by Crippen LogP contribution is -1.97. The van der Waals surface area contributed by atoms with Crippen molar-refractivity contribution in [3.05, 3.63) is 63.1 Å². The summed E-state index contributed by atoms with van der Waals surface area (Å²) in [5, 5.41) is 0.704. The van der Waals surface area contributed by atoms with E-state index in [2.05, 4.69) is 15.9 Å². The van der Waals surface area contributed by atoms with Crippen molar-refractivity contribution in [2.45, 2.75) is 13.5 Å². The van der Waals surface area contributed by atoms with Gasteiger partial charge in [-0.2, -0.15) is 0 Å². The Morgan fingerprint density at radius 3 is 2.53 bits per heavy atom. The minimum absolute atomic E-state index is 0.555. The van der Waals surface area contributed by atoms with Gasteiger partial charge in [-0.25, -0.2) is 0 Å². The average molecular weight is 312 g/mol. The van der Waals surface area contributed by atoms with Crippen molar-refractivity contribution >= 4 is 27.5 Å². The first-order chi connectivity index (χ1) is 8.18. The second-order valence-electron chi connectivity index (χ2n) is 3.76. The molecule has 0 N–H and O–H groups in total. The summed E-state index contributed by atoms with van der Waals surface area (Å²) < 4.78 is 6.65. The fraction of sp³-hybridized carbons (Fsp3) is 0.143. The summed E-state index contributed by atoms with van der Waals surface area (Å²) in [6.45, 7) is 2.51. The molecular weight excluding hydrogens is 300 g/mol. The quantitative estimate of drug-likeness (QED) is 0.776. The first kappa shape index (κ1) is 12.5. The summed E-state index contributed by atoms with van der Waals surface area (Å²) in [6.07, 6.45) is 0. The van der Waals surface area contributed by atoms with Crippen LogP contribution in [0.25, 0.3) is 0 Å². The second-order valence-corrected chi connectivity index (χ2v) is 4.99. The van der Waals surface area contributed by atoms with Gasteiger partial charge in [-0.15, -0.1) is 0 Å². The van der Waals surface area contributed by atoms with Crippen LogP contribution < -0.4 is 4.74 Å². The van der Waals surface area contributed by atoms with E-state index in [1.165, 1.54) is 0 Å². The predicted octanol–water partition coefficient (Wildman–Crippen LogP) is 4.99. The lowest BCUT2D eigenvalue weighted by molar-refractivity contribution is 0.304. The molecule has 2 aromatic carbocycles. The van der Waals surface area contributed by atoms with E-state index in [1.54, 1.807) is 0 Å². The Morgan fingerprint density at radius 1 is 1.12 bits per heavy atom. The molecule has 0 unspecified atom stereocenters. The van der Waals surface area contributed by atoms with Crippen molar-refractivity contribution in [2.75, 3.05) is 0 Å². The van der Waals surface area contributed by atoms with Gasteiger partial charge in [0.15, 0.2) is 0 Å². The van der Waals surface area contributed by atoms with Crippen LogP contribution in [0.1, 0.15) is 11.1 Å². The monoisotopic (exact) mass is 310 g/mol. The molecule has 1 nitrogen and oxygen atoms in total. The van der Waals surface area contributed by atoms with Gasteiger partial charge >= 0.3 is 0 Å². The molecule has 3 heteroatoms. The largest absolute Gasteiger partial charge is 0.489 e. The smallest absolute Gasteiger partial charge is 0.124 e. The van der Waals surface area contributed by atoms with Crippen LogP contribution in [0.3, 0.4) is 0 Å². The summed E-state index contributed by atoms with van der Waals surface area (Å²) >= 11 is 9.53. The van der Waals surface area contributed by atoms with Gasteiger partial charge in [0.2, 0.25) is 0 Å². The van der Waals surface area contributed by atoms with Crippen molar-refractivity contribution in [2.24, 2.45) is 0 Å². The van der Waals surface area contributed by atoms with Crippen LogP contribution in [-0.4, -0.2) is 0 Å². The van der Waals surface area contributed by atoms with E-state index in [1.807, 2.05) is 49.4 Å². The first-order valence-electron chi connectivity index (χ1n) is 5.30. The number of hydrogen-bond donors (Lipinski definition) is 0. The standard InChI is InChI=1S/C14H12BrClO/c1-10-13(8-7-12(15)14(10)16)17-9-11-5-3-2-4-6-11/h2-8H,9H2,1H3. The number of ether oxygens (including phenoxy) is 1. The maximum Gasteiger partial charge on any atom is 0.124 e. The predicted molar refractivity (Wildman–Crippen MR) is 74.7 cm³/mol. The van der Waals surface area contributed by atoms with Crippen LogP contribution in [-0.2, 0) is 6.61 Å². The van der Waals surface area contributed by atoms with Crippen LogP contribution in [0.15, 0.2) is 46.9 Å². The van der Waals surface area contributed by atoms with Crippen LogP contribution in [0.2, 0.25) is 5.02 Å². The molecule has 0 aliphatic heterocycles. The number of rotatable bonds is 3. The highest BCUT2D eigenvalue weighted by Crippen LogP contribution is 2.32. The van der Waals surface area contributed by atoms with E-state index in [4.69, 9.17) is 16.3 Å². The number of halogens is 2. The molecule has 0 saturated carbocycles. The van der Waals surface area contributed by atoms with E-state index >= 15 is 0 Å². The van der Waals surface area contributed by atoms with Gasteiger partial charge in [-0.05, 0) is 40.5 Å². The summed E-state index contributed by atoms with van der Waals surface area (Å²) in [6, 6.07) is 13.9. The van der Waals surface area contributed by atoms with Crippen molar-refractivity contribution < 1.29 is 4.74 Å². The van der Waals surface area contributed by atoms with E-state index < -0.39 is 0 Å². The van der Waals surface area contributed by atoms with E-state index in [0.717, 1.165) is 21.3 Å². The SMILES string of the molecule is Cc1c(OCc2ccccc2)ccc(Br)c1Cl. The molecule has 0 spiro atoms. The molecule has 0 aliphatic rings. The van der Waals surface area contributed by atoms with Crippen LogP contribution in [0.4, 0.5) is 0 Å². The minimum Gasteiger partial charge on any atom is -0.489 e. The fourth-order valence-corrected chi connectivity index (χ4v) is 2.11. The van der Waals surface area contributed by atoms with E-state index in [-0.39, 0.29) is 0 Å². The Kier molecular flexibility index (Phi) is 4.08. The molecule has 0 fully saturated rings. The van der Waals surface area contributed by atoms with Gasteiger partial charge in [-0.3, -0.25) is 0 Å². The molecular formula is C14H12BrClO. The first-order valence-corrected chi connectivity index (χ1v) is 6.47. The maximum absolute atomic E-state index is 6.14. The maximum atomic E-state index is 6.14. The molecule has 0 bridgehead atoms. The molecule has 0 radical (unpaired) electrons. The third kappa shape index (κ3) is 3.02. The average Bonchev–Trinajstić information content (AvgIpc) is 2.36. The fourth-order valence-electron chi connectivity index (χ4n) is 1.53. The van der Waals surface area contributed by atoms with Gasteiger partial charge in [0.1, 0.15) is 12.4 Å². The summed E-state index contributed by atoms with van der Waals surface area (Å²) in [5.41, 5.74) is 2.10. The third-order valence-electron chi connectivity index (χ3n) is 2.53. The van der Waals surface area contributed by atoms with Crippen molar-refractivity contribution in [1.82, 2.24) is 0 Å². The summed E-state index contributed by atoms with van der Waals surface area (Å²) in [7, 11) is 0. The van der Waals surface area contributed by atoms with Gasteiger partial charge in [0.25, 0.3) is 0 Å². The number of hydrogen-bond acceptors (Lipinski definition) is 1. The molecule has 2 rings (SSSR count). The molecule has 0 saturated heterocycles. The molecule has 88 valence electrons. The van der Waals surface area contributed by atoms with Gasteiger partial charge < -0.3 is 4.74 Å². The van der Waals surface area contributed by atoms with Gasteiger partial charge in [0, 0.05) is 10.0 Å². The topological polar surface area (TPSA) is 9.23 Å². The zero-order chi connectivity index (χ0) is 12.3. The molecule has 2 aromatic rings. The zero-order valence-corrected chi connectivity index (χ0v) is 11.8. The van der Waals surface area contributed by atoms with Crippen molar-refractivity contribution in [3.63, 3.8) is 0 Å². The minimum atomic E-state index is 0.555. The summed E-state index contributed by atoms with van der Waals surface area (Å²) in [5.74, 6) is 0.821.